The van der Waals surface area contributed by atoms with E-state index in [1.807, 2.05) is 4.57 Å². The van der Waals surface area contributed by atoms with Gasteiger partial charge in [-0.05, 0) is 12.8 Å². The first-order valence-corrected chi connectivity index (χ1v) is 7.19. The summed E-state index contributed by atoms with van der Waals surface area (Å²) in [4.78, 5) is 14.8. The number of carboxylic acids is 1. The molecule has 20 heavy (non-hydrogen) atoms. The average Bonchev–Trinajstić information content (AvgIpc) is 3.05. The number of carboxylic acid groups (broad SMARTS) is 1. The van der Waals surface area contributed by atoms with Crippen molar-refractivity contribution in [3.63, 3.8) is 0 Å². The van der Waals surface area contributed by atoms with Crippen LogP contribution in [0, 0.1) is 6.92 Å². The highest BCUT2D eigenvalue weighted by molar-refractivity contribution is 7.99. The van der Waals surface area contributed by atoms with Crippen molar-refractivity contribution in [3.05, 3.63) is 17.5 Å². The van der Waals surface area contributed by atoms with E-state index < -0.39 is 5.97 Å². The smallest absolute Gasteiger partial charge is 0.313 e. The first kappa shape index (κ1) is 13.1. The molecule has 9 heteroatoms. The highest BCUT2D eigenvalue weighted by atomic mass is 32.2. The van der Waals surface area contributed by atoms with Crippen LogP contribution in [0.5, 0.6) is 0 Å². The molecule has 1 fully saturated rings. The van der Waals surface area contributed by atoms with Crippen molar-refractivity contribution in [2.75, 3.05) is 5.75 Å². The molecule has 1 aliphatic carbocycles. The molecular formula is C11H13N5O3S. The fourth-order valence-corrected chi connectivity index (χ4v) is 2.54. The molecule has 0 bridgehead atoms. The number of aliphatic carboxylic acids is 1. The second-order valence-electron chi connectivity index (χ2n) is 4.61. The third-order valence-corrected chi connectivity index (χ3v) is 3.83. The van der Waals surface area contributed by atoms with Gasteiger partial charge in [-0.15, -0.1) is 10.2 Å². The molecule has 1 N–H and O–H groups in total. The number of thioether (sulfide) groups is 1. The molecule has 106 valence electrons. The Morgan fingerprint density at radius 2 is 2.30 bits per heavy atom. The van der Waals surface area contributed by atoms with Gasteiger partial charge < -0.3 is 9.63 Å². The van der Waals surface area contributed by atoms with Crippen LogP contribution in [0.3, 0.4) is 0 Å². The Kier molecular flexibility index (Phi) is 3.43. The average molecular weight is 295 g/mol. The summed E-state index contributed by atoms with van der Waals surface area (Å²) >= 11 is 1.15. The van der Waals surface area contributed by atoms with E-state index in [4.69, 9.17) is 9.63 Å². The molecular weight excluding hydrogens is 282 g/mol. The lowest BCUT2D eigenvalue weighted by atomic mass is 10.4. The molecule has 0 spiro atoms. The molecule has 2 aromatic heterocycles. The topological polar surface area (TPSA) is 107 Å². The number of carbonyl (C=O) groups is 1. The van der Waals surface area contributed by atoms with Crippen LogP contribution in [-0.2, 0) is 11.3 Å². The minimum atomic E-state index is -0.882. The maximum atomic E-state index is 10.7. The zero-order valence-corrected chi connectivity index (χ0v) is 11.6. The van der Waals surface area contributed by atoms with Crippen molar-refractivity contribution in [1.29, 1.82) is 0 Å². The quantitative estimate of drug-likeness (QED) is 0.789. The second-order valence-corrected chi connectivity index (χ2v) is 5.56. The van der Waals surface area contributed by atoms with Crippen LogP contribution in [0.2, 0.25) is 0 Å². The number of aromatic nitrogens is 5. The Hall–Kier alpha value is -1.90. The summed E-state index contributed by atoms with van der Waals surface area (Å²) < 4.78 is 6.84. The van der Waals surface area contributed by atoms with Crippen LogP contribution in [0.25, 0.3) is 0 Å². The van der Waals surface area contributed by atoms with E-state index >= 15 is 0 Å². The zero-order valence-electron chi connectivity index (χ0n) is 10.8. The Balaban J connectivity index is 1.84. The van der Waals surface area contributed by atoms with Gasteiger partial charge in [0.2, 0.25) is 5.89 Å². The van der Waals surface area contributed by atoms with Crippen molar-refractivity contribution >= 4 is 17.7 Å². The summed E-state index contributed by atoms with van der Waals surface area (Å²) in [5.74, 6) is 1.40. The molecule has 0 aromatic carbocycles. The van der Waals surface area contributed by atoms with Gasteiger partial charge in [0.05, 0.1) is 12.3 Å². The highest BCUT2D eigenvalue weighted by Crippen LogP contribution is 2.40. The summed E-state index contributed by atoms with van der Waals surface area (Å²) in [5.41, 5.74) is 0. The maximum absolute atomic E-state index is 10.7. The molecule has 0 atom stereocenters. The third-order valence-electron chi connectivity index (χ3n) is 2.88. The molecule has 0 unspecified atom stereocenters. The molecule has 2 aromatic rings. The fraction of sp³-hybridized carbons (Fsp3) is 0.545. The number of hydrogen-bond acceptors (Lipinski definition) is 7. The van der Waals surface area contributed by atoms with E-state index in [1.165, 1.54) is 0 Å². The van der Waals surface area contributed by atoms with Crippen LogP contribution in [0.1, 0.15) is 36.3 Å². The van der Waals surface area contributed by atoms with Crippen LogP contribution in [0.15, 0.2) is 9.68 Å². The second kappa shape index (κ2) is 5.23. The Morgan fingerprint density at radius 3 is 2.90 bits per heavy atom. The van der Waals surface area contributed by atoms with E-state index in [2.05, 4.69) is 20.3 Å². The lowest BCUT2D eigenvalue weighted by Gasteiger charge is -2.06. The molecule has 1 aliphatic rings. The standard InChI is InChI=1S/C11H13N5O3S/c1-6-12-8(15-19-6)4-16-10(7-2-3-7)13-14-11(16)20-5-9(17)18/h7H,2-5H2,1H3,(H,17,18). The minimum Gasteiger partial charge on any atom is -0.481 e. The molecule has 0 radical (unpaired) electrons. The third kappa shape index (κ3) is 2.82. The van der Waals surface area contributed by atoms with Gasteiger partial charge in [0.25, 0.3) is 0 Å². The van der Waals surface area contributed by atoms with Crippen molar-refractivity contribution in [2.45, 2.75) is 37.4 Å². The van der Waals surface area contributed by atoms with Crippen molar-refractivity contribution in [2.24, 2.45) is 0 Å². The molecule has 1 saturated carbocycles. The summed E-state index contributed by atoms with van der Waals surface area (Å²) in [6.45, 7) is 2.13. The Morgan fingerprint density at radius 1 is 1.50 bits per heavy atom. The van der Waals surface area contributed by atoms with Crippen molar-refractivity contribution in [1.82, 2.24) is 24.9 Å². The molecule has 0 saturated heterocycles. The normalized spacial score (nSPS) is 14.7. The van der Waals surface area contributed by atoms with E-state index in [9.17, 15) is 4.79 Å². The zero-order chi connectivity index (χ0) is 14.1. The van der Waals surface area contributed by atoms with Gasteiger partial charge in [0.15, 0.2) is 11.0 Å². The SMILES string of the molecule is Cc1nc(Cn2c(SCC(=O)O)nnc2C2CC2)no1. The van der Waals surface area contributed by atoms with Gasteiger partial charge in [-0.2, -0.15) is 4.98 Å². The van der Waals surface area contributed by atoms with E-state index in [0.717, 1.165) is 30.4 Å². The molecule has 0 aliphatic heterocycles. The minimum absolute atomic E-state index is 0.0475. The maximum Gasteiger partial charge on any atom is 0.313 e. The first-order valence-electron chi connectivity index (χ1n) is 6.20. The van der Waals surface area contributed by atoms with Gasteiger partial charge >= 0.3 is 5.97 Å². The summed E-state index contributed by atoms with van der Waals surface area (Å²) in [7, 11) is 0. The number of rotatable bonds is 6. The molecule has 8 nitrogen and oxygen atoms in total. The molecule has 0 amide bonds. The van der Waals surface area contributed by atoms with Crippen LogP contribution in [-0.4, -0.2) is 41.7 Å². The number of aryl methyl sites for hydroxylation is 1. The Bertz CT molecular complexity index is 634. The van der Waals surface area contributed by atoms with Gasteiger partial charge in [0.1, 0.15) is 5.82 Å². The highest BCUT2D eigenvalue weighted by Gasteiger charge is 2.31. The predicted molar refractivity (Wildman–Crippen MR) is 68.5 cm³/mol. The van der Waals surface area contributed by atoms with Crippen LogP contribution in [0.4, 0.5) is 0 Å². The van der Waals surface area contributed by atoms with Crippen molar-refractivity contribution in [3.8, 4) is 0 Å². The largest absolute Gasteiger partial charge is 0.481 e. The van der Waals surface area contributed by atoms with Crippen molar-refractivity contribution < 1.29 is 14.4 Å². The molecule has 2 heterocycles. The lowest BCUT2D eigenvalue weighted by Crippen LogP contribution is -2.08. The number of nitrogens with zero attached hydrogens (tertiary/aromatic N) is 5. The van der Waals surface area contributed by atoms with Gasteiger partial charge in [-0.1, -0.05) is 16.9 Å². The van der Waals surface area contributed by atoms with E-state index in [0.29, 0.717) is 29.3 Å². The predicted octanol–water partition coefficient (Wildman–Crippen LogP) is 1.07. The van der Waals surface area contributed by atoms with Crippen LogP contribution < -0.4 is 0 Å². The van der Waals surface area contributed by atoms with E-state index in [1.54, 1.807) is 6.92 Å². The Labute approximate surface area is 118 Å². The monoisotopic (exact) mass is 295 g/mol. The first-order chi connectivity index (χ1) is 9.63. The van der Waals surface area contributed by atoms with E-state index in [-0.39, 0.29) is 5.75 Å². The number of hydrogen-bond donors (Lipinski definition) is 1. The lowest BCUT2D eigenvalue weighted by molar-refractivity contribution is -0.133. The fourth-order valence-electron chi connectivity index (χ4n) is 1.87. The summed E-state index contributed by atoms with van der Waals surface area (Å²) in [5, 5.41) is 21.5. The van der Waals surface area contributed by atoms with Crippen LogP contribution >= 0.6 is 11.8 Å². The van der Waals surface area contributed by atoms with Gasteiger partial charge in [0, 0.05) is 12.8 Å². The van der Waals surface area contributed by atoms with Gasteiger partial charge in [-0.25, -0.2) is 0 Å². The summed E-state index contributed by atoms with van der Waals surface area (Å²) in [6, 6.07) is 0. The molecule has 3 rings (SSSR count). The summed E-state index contributed by atoms with van der Waals surface area (Å²) in [6.07, 6.45) is 2.18. The van der Waals surface area contributed by atoms with Gasteiger partial charge in [-0.3, -0.25) is 9.36 Å².